The van der Waals surface area contributed by atoms with E-state index in [0.29, 0.717) is 37.4 Å². The number of carbonyl (C=O) groups excluding carboxylic acids is 3. The molecule has 1 aliphatic rings. The third-order valence-corrected chi connectivity index (χ3v) is 6.50. The maximum absolute atomic E-state index is 13.7. The Morgan fingerprint density at radius 3 is 2.37 bits per heavy atom. The van der Waals surface area contributed by atoms with Gasteiger partial charge in [-0.25, -0.2) is 0 Å². The number of amides is 3. The molecular formula is C29H33N3O3. The van der Waals surface area contributed by atoms with Crippen LogP contribution in [0.15, 0.2) is 66.7 Å². The van der Waals surface area contributed by atoms with Crippen LogP contribution >= 0.6 is 0 Å². The molecule has 1 aliphatic heterocycles. The number of nitrogens with zero attached hydrogens (tertiary/aromatic N) is 2. The molecule has 0 aliphatic carbocycles. The van der Waals surface area contributed by atoms with Gasteiger partial charge < -0.3 is 10.2 Å². The number of nitrogens with one attached hydrogen (secondary N) is 1. The molecule has 0 saturated heterocycles. The first-order valence-corrected chi connectivity index (χ1v) is 12.4. The maximum atomic E-state index is 13.7. The van der Waals surface area contributed by atoms with E-state index in [1.165, 1.54) is 0 Å². The largest absolute Gasteiger partial charge is 0.354 e. The van der Waals surface area contributed by atoms with Crippen LogP contribution in [0.3, 0.4) is 0 Å². The van der Waals surface area contributed by atoms with E-state index < -0.39 is 6.04 Å². The Bertz CT molecular complexity index is 1220. The van der Waals surface area contributed by atoms with Crippen molar-refractivity contribution < 1.29 is 14.4 Å². The second kappa shape index (κ2) is 10.7. The number of carbonyl (C=O) groups is 3. The highest BCUT2D eigenvalue weighted by Gasteiger charge is 2.34. The zero-order valence-electron chi connectivity index (χ0n) is 20.7. The van der Waals surface area contributed by atoms with Gasteiger partial charge in [0.25, 0.3) is 5.91 Å². The number of hydrogen-bond acceptors (Lipinski definition) is 3. The fraction of sp³-hybridized carbons (Fsp3) is 0.345. The second-order valence-electron chi connectivity index (χ2n) is 9.46. The molecule has 0 radical (unpaired) electrons. The molecule has 3 aromatic carbocycles. The van der Waals surface area contributed by atoms with E-state index in [4.69, 9.17) is 0 Å². The van der Waals surface area contributed by atoms with Crippen LogP contribution in [0.4, 0.5) is 5.69 Å². The summed E-state index contributed by atoms with van der Waals surface area (Å²) >= 11 is 0. The van der Waals surface area contributed by atoms with E-state index in [1.54, 1.807) is 15.9 Å². The third-order valence-electron chi connectivity index (χ3n) is 6.50. The maximum Gasteiger partial charge on any atom is 0.259 e. The Morgan fingerprint density at radius 2 is 1.69 bits per heavy atom. The van der Waals surface area contributed by atoms with Crippen LogP contribution in [0.1, 0.15) is 43.1 Å². The van der Waals surface area contributed by atoms with Gasteiger partial charge in [0, 0.05) is 24.0 Å². The Kier molecular flexibility index (Phi) is 7.49. The minimum Gasteiger partial charge on any atom is -0.354 e. The standard InChI is InChI=1S/C29H33N3O3/c1-4-24(28(34)30-18-20(2)3)31(17-16-21-10-6-5-7-11-21)26(33)19-32-25-15-9-13-22-12-8-14-23(27(22)25)29(32)35/h5-15,20,24H,4,16-19H2,1-3H3,(H,30,34)/t24-/m1/s1. The molecule has 0 unspecified atom stereocenters. The predicted octanol–water partition coefficient (Wildman–Crippen LogP) is 4.42. The smallest absolute Gasteiger partial charge is 0.259 e. The predicted molar refractivity (Wildman–Crippen MR) is 139 cm³/mol. The average Bonchev–Trinajstić information content (AvgIpc) is 3.13. The van der Waals surface area contributed by atoms with E-state index in [0.717, 1.165) is 22.0 Å². The van der Waals surface area contributed by atoms with E-state index in [9.17, 15) is 14.4 Å². The summed E-state index contributed by atoms with van der Waals surface area (Å²) in [6, 6.07) is 20.7. The Morgan fingerprint density at radius 1 is 0.971 bits per heavy atom. The molecule has 0 aromatic heterocycles. The minimum atomic E-state index is -0.596. The SMILES string of the molecule is CC[C@H](C(=O)NCC(C)C)N(CCc1ccccc1)C(=O)CN1C(=O)c2cccc3cccc1c23. The van der Waals surface area contributed by atoms with Gasteiger partial charge in [0.2, 0.25) is 11.8 Å². The van der Waals surface area contributed by atoms with Crippen LogP contribution in [-0.4, -0.2) is 48.3 Å². The highest BCUT2D eigenvalue weighted by atomic mass is 16.2. The number of benzene rings is 3. The lowest BCUT2D eigenvalue weighted by molar-refractivity contribution is -0.139. The number of hydrogen-bond donors (Lipinski definition) is 1. The fourth-order valence-electron chi connectivity index (χ4n) is 4.68. The van der Waals surface area contributed by atoms with Gasteiger partial charge in [-0.3, -0.25) is 19.3 Å². The highest BCUT2D eigenvalue weighted by molar-refractivity contribution is 6.26. The molecule has 1 atom stereocenters. The summed E-state index contributed by atoms with van der Waals surface area (Å²) in [5.74, 6) is -0.247. The van der Waals surface area contributed by atoms with Crippen molar-refractivity contribution in [3.05, 3.63) is 77.9 Å². The fourth-order valence-corrected chi connectivity index (χ4v) is 4.68. The highest BCUT2D eigenvalue weighted by Crippen LogP contribution is 2.37. The summed E-state index contributed by atoms with van der Waals surface area (Å²) in [7, 11) is 0. The Hall–Kier alpha value is -3.67. The molecule has 182 valence electrons. The van der Waals surface area contributed by atoms with E-state index in [2.05, 4.69) is 5.32 Å². The van der Waals surface area contributed by atoms with E-state index >= 15 is 0 Å². The van der Waals surface area contributed by atoms with Crippen molar-refractivity contribution in [2.24, 2.45) is 5.92 Å². The molecule has 1 N–H and O–H groups in total. The quantitative estimate of drug-likeness (QED) is 0.476. The topological polar surface area (TPSA) is 69.7 Å². The van der Waals surface area contributed by atoms with Crippen molar-refractivity contribution >= 4 is 34.2 Å². The van der Waals surface area contributed by atoms with E-state index in [-0.39, 0.29) is 24.3 Å². The zero-order chi connectivity index (χ0) is 24.9. The van der Waals surface area contributed by atoms with Crippen molar-refractivity contribution in [1.29, 1.82) is 0 Å². The lowest BCUT2D eigenvalue weighted by Crippen LogP contribution is -2.53. The van der Waals surface area contributed by atoms with Gasteiger partial charge in [-0.1, -0.05) is 75.4 Å². The molecule has 3 amide bonds. The van der Waals surface area contributed by atoms with Crippen molar-refractivity contribution in [1.82, 2.24) is 10.2 Å². The monoisotopic (exact) mass is 471 g/mol. The molecule has 6 heteroatoms. The van der Waals surface area contributed by atoms with Gasteiger partial charge >= 0.3 is 0 Å². The summed E-state index contributed by atoms with van der Waals surface area (Å²) in [6.45, 7) is 6.84. The van der Waals surface area contributed by atoms with Crippen LogP contribution in [0.25, 0.3) is 10.8 Å². The molecular weight excluding hydrogens is 438 g/mol. The number of rotatable bonds is 10. The molecule has 3 aromatic rings. The molecule has 4 rings (SSSR count). The van der Waals surface area contributed by atoms with Gasteiger partial charge in [-0.2, -0.15) is 0 Å². The molecule has 6 nitrogen and oxygen atoms in total. The molecule has 0 saturated carbocycles. The van der Waals surface area contributed by atoms with Crippen molar-refractivity contribution in [3.63, 3.8) is 0 Å². The first-order valence-electron chi connectivity index (χ1n) is 12.4. The summed E-state index contributed by atoms with van der Waals surface area (Å²) in [5.41, 5.74) is 2.46. The molecule has 0 bridgehead atoms. The molecule has 0 fully saturated rings. The third kappa shape index (κ3) is 5.21. The van der Waals surface area contributed by atoms with Crippen molar-refractivity contribution in [2.75, 3.05) is 24.5 Å². The van der Waals surface area contributed by atoms with Crippen LogP contribution < -0.4 is 10.2 Å². The van der Waals surface area contributed by atoms with Crippen LogP contribution in [-0.2, 0) is 16.0 Å². The summed E-state index contributed by atoms with van der Waals surface area (Å²) in [6.07, 6.45) is 1.12. The van der Waals surface area contributed by atoms with E-state index in [1.807, 2.05) is 81.4 Å². The van der Waals surface area contributed by atoms with Gasteiger partial charge in [0.1, 0.15) is 12.6 Å². The van der Waals surface area contributed by atoms with Crippen LogP contribution in [0, 0.1) is 5.92 Å². The Labute approximate surface area is 206 Å². The van der Waals surface area contributed by atoms with Crippen LogP contribution in [0.5, 0.6) is 0 Å². The zero-order valence-corrected chi connectivity index (χ0v) is 20.7. The first kappa shape index (κ1) is 24.5. The first-order chi connectivity index (χ1) is 16.9. The summed E-state index contributed by atoms with van der Waals surface area (Å²) in [5, 5.41) is 4.84. The lowest BCUT2D eigenvalue weighted by Gasteiger charge is -2.32. The van der Waals surface area contributed by atoms with Gasteiger partial charge in [-0.15, -0.1) is 0 Å². The lowest BCUT2D eigenvalue weighted by atomic mass is 10.1. The Balaban J connectivity index is 1.59. The molecule has 35 heavy (non-hydrogen) atoms. The van der Waals surface area contributed by atoms with Crippen molar-refractivity contribution in [3.8, 4) is 0 Å². The average molecular weight is 472 g/mol. The van der Waals surface area contributed by atoms with Crippen molar-refractivity contribution in [2.45, 2.75) is 39.7 Å². The molecule has 1 heterocycles. The molecule has 0 spiro atoms. The second-order valence-corrected chi connectivity index (χ2v) is 9.46. The number of anilines is 1. The van der Waals surface area contributed by atoms with Gasteiger partial charge in [0.15, 0.2) is 0 Å². The summed E-state index contributed by atoms with van der Waals surface area (Å²) < 4.78 is 0. The summed E-state index contributed by atoms with van der Waals surface area (Å²) in [4.78, 5) is 43.3. The normalized spacial score (nSPS) is 13.4. The van der Waals surface area contributed by atoms with Gasteiger partial charge in [0.05, 0.1) is 5.69 Å². The van der Waals surface area contributed by atoms with Crippen LogP contribution in [0.2, 0.25) is 0 Å². The minimum absolute atomic E-state index is 0.102. The van der Waals surface area contributed by atoms with Gasteiger partial charge in [-0.05, 0) is 41.8 Å².